The summed E-state index contributed by atoms with van der Waals surface area (Å²) in [5.41, 5.74) is 3.71. The minimum absolute atomic E-state index is 0.109. The van der Waals surface area contributed by atoms with Crippen molar-refractivity contribution >= 4 is 43.0 Å². The third-order valence-electron chi connectivity index (χ3n) is 5.92. The lowest BCUT2D eigenvalue weighted by Gasteiger charge is -2.27. The minimum Gasteiger partial charge on any atom is -0.279 e. The van der Waals surface area contributed by atoms with Crippen LogP contribution in [0.4, 0.5) is 11.4 Å². The van der Waals surface area contributed by atoms with E-state index < -0.39 is 20.0 Å². The number of alkyl halides is 1. The summed E-state index contributed by atoms with van der Waals surface area (Å²) in [6.45, 7) is 3.64. The molecule has 0 heterocycles. The van der Waals surface area contributed by atoms with Crippen LogP contribution in [0.3, 0.4) is 0 Å². The van der Waals surface area contributed by atoms with Crippen LogP contribution in [-0.4, -0.2) is 16.8 Å². The lowest BCUT2D eigenvalue weighted by molar-refractivity contribution is 0.590. The summed E-state index contributed by atoms with van der Waals surface area (Å²) < 4.78 is 57.9. The summed E-state index contributed by atoms with van der Waals surface area (Å²) in [6.07, 6.45) is 0. The fraction of sp³-hybridized carbons (Fsp3) is 0.143. The molecule has 4 aromatic rings. The topological polar surface area (TPSA) is 83.6 Å². The number of hydrogen-bond acceptors (Lipinski definition) is 4. The van der Waals surface area contributed by atoms with Crippen molar-refractivity contribution in [2.45, 2.75) is 36.1 Å². The molecule has 0 unspecified atom stereocenters. The summed E-state index contributed by atoms with van der Waals surface area (Å²) in [4.78, 5) is 0.240. The van der Waals surface area contributed by atoms with Gasteiger partial charge in [-0.3, -0.25) is 9.03 Å². The molecule has 4 rings (SSSR count). The van der Waals surface area contributed by atoms with Crippen molar-refractivity contribution in [1.29, 1.82) is 0 Å². The average molecular weight is 555 g/mol. The molecule has 0 aliphatic rings. The number of nitrogens with one attached hydrogen (secondary N) is 1. The third-order valence-corrected chi connectivity index (χ3v) is 9.36. The van der Waals surface area contributed by atoms with Gasteiger partial charge in [0.05, 0.1) is 27.7 Å². The van der Waals surface area contributed by atoms with Crippen LogP contribution in [-0.2, 0) is 32.5 Å². The number of rotatable bonds is 9. The van der Waals surface area contributed by atoms with Crippen molar-refractivity contribution < 1.29 is 16.8 Å². The maximum absolute atomic E-state index is 13.9. The number of hydrogen-bond donors (Lipinski definition) is 1. The van der Waals surface area contributed by atoms with E-state index in [-0.39, 0.29) is 27.9 Å². The molecular formula is C28H27ClN2O4S2. The molecule has 0 atom stereocenters. The zero-order valence-corrected chi connectivity index (χ0v) is 22.8. The maximum atomic E-state index is 13.9. The smallest absolute Gasteiger partial charge is 0.264 e. The molecule has 0 spiro atoms. The van der Waals surface area contributed by atoms with Gasteiger partial charge in [0.2, 0.25) is 0 Å². The quantitative estimate of drug-likeness (QED) is 0.248. The van der Waals surface area contributed by atoms with Gasteiger partial charge >= 0.3 is 0 Å². The molecule has 0 amide bonds. The van der Waals surface area contributed by atoms with Gasteiger partial charge in [-0.2, -0.15) is 0 Å². The van der Waals surface area contributed by atoms with Crippen molar-refractivity contribution in [2.24, 2.45) is 0 Å². The largest absolute Gasteiger partial charge is 0.279 e. The van der Waals surface area contributed by atoms with Gasteiger partial charge in [-0.1, -0.05) is 71.8 Å². The lowest BCUT2D eigenvalue weighted by atomic mass is 10.1. The van der Waals surface area contributed by atoms with E-state index in [2.05, 4.69) is 4.72 Å². The van der Waals surface area contributed by atoms with Gasteiger partial charge in [-0.15, -0.1) is 11.6 Å². The summed E-state index contributed by atoms with van der Waals surface area (Å²) in [6, 6.07) is 26.9. The van der Waals surface area contributed by atoms with Crippen LogP contribution < -0.4 is 9.03 Å². The summed E-state index contributed by atoms with van der Waals surface area (Å²) >= 11 is 6.18. The summed E-state index contributed by atoms with van der Waals surface area (Å²) in [5.74, 6) is 0.109. The summed E-state index contributed by atoms with van der Waals surface area (Å²) in [5, 5.41) is 0. The van der Waals surface area contributed by atoms with Crippen molar-refractivity contribution in [3.05, 3.63) is 119 Å². The van der Waals surface area contributed by atoms with Gasteiger partial charge in [-0.05, 0) is 61.4 Å². The first-order valence-electron chi connectivity index (χ1n) is 11.5. The van der Waals surface area contributed by atoms with Crippen molar-refractivity contribution in [3.63, 3.8) is 0 Å². The molecule has 0 saturated carbocycles. The monoisotopic (exact) mass is 554 g/mol. The van der Waals surface area contributed by atoms with Crippen LogP contribution in [0.25, 0.3) is 0 Å². The van der Waals surface area contributed by atoms with Gasteiger partial charge in [0.25, 0.3) is 20.0 Å². The van der Waals surface area contributed by atoms with E-state index in [1.54, 1.807) is 84.9 Å². The minimum atomic E-state index is -4.02. The highest BCUT2D eigenvalue weighted by Crippen LogP contribution is 2.32. The Morgan fingerprint density at radius 1 is 0.676 bits per heavy atom. The number of anilines is 2. The van der Waals surface area contributed by atoms with Crippen molar-refractivity contribution in [3.8, 4) is 0 Å². The molecule has 0 aliphatic heterocycles. The van der Waals surface area contributed by atoms with Gasteiger partial charge in [0.15, 0.2) is 0 Å². The number of sulfonamides is 2. The van der Waals surface area contributed by atoms with Crippen molar-refractivity contribution in [1.82, 2.24) is 0 Å². The molecule has 0 saturated heterocycles. The van der Waals surface area contributed by atoms with Crippen molar-refractivity contribution in [2.75, 3.05) is 9.03 Å². The van der Waals surface area contributed by atoms with Crippen LogP contribution in [0.5, 0.6) is 0 Å². The molecule has 0 bridgehead atoms. The molecule has 192 valence electrons. The molecule has 1 N–H and O–H groups in total. The fourth-order valence-corrected chi connectivity index (χ4v) is 6.65. The molecule has 4 aromatic carbocycles. The van der Waals surface area contributed by atoms with Gasteiger partial charge in [-0.25, -0.2) is 16.8 Å². The van der Waals surface area contributed by atoms with Crippen LogP contribution in [0.2, 0.25) is 0 Å². The van der Waals surface area contributed by atoms with E-state index in [0.29, 0.717) is 16.8 Å². The number of nitrogens with zero attached hydrogens (tertiary/aromatic N) is 1. The van der Waals surface area contributed by atoms with E-state index in [4.69, 9.17) is 11.6 Å². The number of halogens is 1. The Bertz CT molecular complexity index is 1600. The zero-order chi connectivity index (χ0) is 26.6. The Kier molecular flexibility index (Phi) is 7.92. The van der Waals surface area contributed by atoms with Crippen LogP contribution >= 0.6 is 11.6 Å². The van der Waals surface area contributed by atoms with E-state index in [1.807, 2.05) is 13.8 Å². The predicted octanol–water partition coefficient (Wildman–Crippen LogP) is 6.24. The van der Waals surface area contributed by atoms with Gasteiger partial charge in [0.1, 0.15) is 0 Å². The highest BCUT2D eigenvalue weighted by atomic mass is 35.5. The Labute approximate surface area is 223 Å². The van der Waals surface area contributed by atoms with Crippen LogP contribution in [0.15, 0.2) is 107 Å². The second kappa shape index (κ2) is 11.0. The molecule has 0 radical (unpaired) electrons. The Morgan fingerprint density at radius 3 is 1.78 bits per heavy atom. The van der Waals surface area contributed by atoms with Gasteiger partial charge < -0.3 is 0 Å². The van der Waals surface area contributed by atoms with E-state index in [1.165, 1.54) is 16.4 Å². The van der Waals surface area contributed by atoms with E-state index in [9.17, 15) is 16.8 Å². The normalized spacial score (nSPS) is 11.8. The number of benzene rings is 4. The second-order valence-corrected chi connectivity index (χ2v) is 12.5. The Morgan fingerprint density at radius 2 is 1.19 bits per heavy atom. The standard InChI is InChI=1S/C28H27ClN2O4S2/c1-21-11-15-25(16-12-21)36(32,33)30-27-9-5-3-8-24(27)20-31(28-10-6-4-7-23(28)19-29)37(34,35)26-17-13-22(2)14-18-26/h3-18,30H,19-20H2,1-2H3. The predicted molar refractivity (Wildman–Crippen MR) is 149 cm³/mol. The number of aryl methyl sites for hydroxylation is 2. The third kappa shape index (κ3) is 5.98. The molecule has 0 aliphatic carbocycles. The second-order valence-electron chi connectivity index (χ2n) is 8.66. The molecule has 0 fully saturated rings. The highest BCUT2D eigenvalue weighted by Gasteiger charge is 2.28. The Hall–Kier alpha value is -3.33. The highest BCUT2D eigenvalue weighted by molar-refractivity contribution is 7.93. The molecular weight excluding hydrogens is 528 g/mol. The Balaban J connectivity index is 1.79. The first-order valence-corrected chi connectivity index (χ1v) is 15.0. The average Bonchev–Trinajstić information content (AvgIpc) is 2.88. The molecule has 9 heteroatoms. The zero-order valence-electron chi connectivity index (χ0n) is 20.4. The first-order chi connectivity index (χ1) is 17.6. The lowest BCUT2D eigenvalue weighted by Crippen LogP contribution is -2.32. The summed E-state index contributed by atoms with van der Waals surface area (Å²) in [7, 11) is -7.92. The van der Waals surface area contributed by atoms with E-state index in [0.717, 1.165) is 11.1 Å². The fourth-order valence-electron chi connectivity index (χ4n) is 3.84. The maximum Gasteiger partial charge on any atom is 0.264 e. The van der Waals surface area contributed by atoms with Crippen LogP contribution in [0, 0.1) is 13.8 Å². The van der Waals surface area contributed by atoms with E-state index >= 15 is 0 Å². The first kappa shape index (κ1) is 26.7. The molecule has 37 heavy (non-hydrogen) atoms. The number of para-hydroxylation sites is 2. The molecule has 6 nitrogen and oxygen atoms in total. The van der Waals surface area contributed by atoms with Crippen LogP contribution in [0.1, 0.15) is 22.3 Å². The SMILES string of the molecule is Cc1ccc(S(=O)(=O)Nc2ccccc2CN(c2ccccc2CCl)S(=O)(=O)c2ccc(C)cc2)cc1. The molecule has 0 aromatic heterocycles. The van der Waals surface area contributed by atoms with Gasteiger partial charge in [0, 0.05) is 5.88 Å².